The number of amides is 1. The number of carbonyl (C=O) groups excluding carboxylic acids is 1. The highest BCUT2D eigenvalue weighted by Gasteiger charge is 2.67. The van der Waals surface area contributed by atoms with Crippen LogP contribution in [0.15, 0.2) is 6.07 Å². The fourth-order valence-corrected chi connectivity index (χ4v) is 8.00. The summed E-state index contributed by atoms with van der Waals surface area (Å²) < 4.78 is 48.5. The zero-order chi connectivity index (χ0) is 22.6. The Morgan fingerprint density at radius 2 is 1.90 bits per heavy atom. The van der Waals surface area contributed by atoms with Gasteiger partial charge in [-0.2, -0.15) is 13.2 Å². The van der Waals surface area contributed by atoms with E-state index in [0.717, 1.165) is 19.3 Å². The molecule has 0 radical (unpaired) electrons. The lowest BCUT2D eigenvalue weighted by molar-refractivity contribution is -0.209. The molecule has 31 heavy (non-hydrogen) atoms. The van der Waals surface area contributed by atoms with E-state index in [9.17, 15) is 18.0 Å². The van der Waals surface area contributed by atoms with Gasteiger partial charge in [-0.1, -0.05) is 27.7 Å². The second-order valence-corrected chi connectivity index (χ2v) is 11.7. The molecule has 1 amide bonds. The first-order chi connectivity index (χ1) is 14.3. The second kappa shape index (κ2) is 6.33. The summed E-state index contributed by atoms with van der Waals surface area (Å²) in [7, 11) is 0. The molecule has 0 saturated heterocycles. The van der Waals surface area contributed by atoms with Gasteiger partial charge in [0.2, 0.25) is 0 Å². The van der Waals surface area contributed by atoms with Crippen molar-refractivity contribution in [2.45, 2.75) is 83.5 Å². The predicted molar refractivity (Wildman–Crippen MR) is 112 cm³/mol. The van der Waals surface area contributed by atoms with E-state index in [2.05, 4.69) is 33.0 Å². The van der Waals surface area contributed by atoms with Gasteiger partial charge in [0.15, 0.2) is 0 Å². The summed E-state index contributed by atoms with van der Waals surface area (Å²) in [5, 5.41) is 2.53. The van der Waals surface area contributed by atoms with Gasteiger partial charge in [-0.15, -0.1) is 11.6 Å². The van der Waals surface area contributed by atoms with Crippen LogP contribution in [0.1, 0.15) is 80.4 Å². The molecule has 7 heteroatoms. The van der Waals surface area contributed by atoms with Crippen LogP contribution in [0.5, 0.6) is 5.75 Å². The monoisotopic (exact) mass is 455 g/mol. The third-order valence-corrected chi connectivity index (χ3v) is 9.29. The number of hydrogen-bond donors (Lipinski definition) is 1. The first kappa shape index (κ1) is 21.4. The molecule has 2 saturated carbocycles. The van der Waals surface area contributed by atoms with Gasteiger partial charge in [0, 0.05) is 35.2 Å². The molecule has 2 aliphatic heterocycles. The zero-order valence-corrected chi connectivity index (χ0v) is 19.1. The minimum atomic E-state index is -4.59. The molecule has 0 unspecified atom stereocenters. The van der Waals surface area contributed by atoms with Crippen molar-refractivity contribution in [1.82, 2.24) is 5.32 Å². The molecule has 2 heterocycles. The molecule has 0 bridgehead atoms. The summed E-state index contributed by atoms with van der Waals surface area (Å²) in [4.78, 5) is 12.4. The molecule has 1 spiro atoms. The van der Waals surface area contributed by atoms with Crippen molar-refractivity contribution in [1.29, 1.82) is 0 Å². The van der Waals surface area contributed by atoms with Crippen LogP contribution in [0.25, 0.3) is 0 Å². The maximum Gasteiger partial charge on any atom is 0.417 e. The summed E-state index contributed by atoms with van der Waals surface area (Å²) >= 11 is 6.80. The van der Waals surface area contributed by atoms with Crippen molar-refractivity contribution in [3.63, 3.8) is 0 Å². The molecule has 170 valence electrons. The van der Waals surface area contributed by atoms with E-state index in [1.807, 2.05) is 0 Å². The molecule has 5 atom stereocenters. The number of alkyl halides is 4. The summed E-state index contributed by atoms with van der Waals surface area (Å²) in [6.45, 7) is 8.93. The minimum Gasteiger partial charge on any atom is -0.486 e. The van der Waals surface area contributed by atoms with E-state index >= 15 is 0 Å². The molecule has 1 N–H and O–H groups in total. The summed E-state index contributed by atoms with van der Waals surface area (Å²) in [5.74, 6) is 0.358. The van der Waals surface area contributed by atoms with Crippen molar-refractivity contribution < 1.29 is 22.7 Å². The quantitative estimate of drug-likeness (QED) is 0.480. The highest BCUT2D eigenvalue weighted by molar-refractivity contribution is 6.20. The summed E-state index contributed by atoms with van der Waals surface area (Å²) in [5.41, 5.74) is -1.11. The van der Waals surface area contributed by atoms with Crippen molar-refractivity contribution in [3.8, 4) is 5.75 Å². The summed E-state index contributed by atoms with van der Waals surface area (Å²) in [6, 6.07) is 1.17. The molecule has 0 aromatic heterocycles. The highest BCUT2D eigenvalue weighted by Crippen LogP contribution is 2.67. The van der Waals surface area contributed by atoms with Gasteiger partial charge in [-0.05, 0) is 48.6 Å². The maximum absolute atomic E-state index is 13.9. The highest BCUT2D eigenvalue weighted by atomic mass is 35.5. The molecular formula is C24H29ClF3NO2. The smallest absolute Gasteiger partial charge is 0.417 e. The number of nitrogens with one attached hydrogen (secondary N) is 1. The number of carbonyl (C=O) groups is 1. The Kier molecular flexibility index (Phi) is 4.37. The predicted octanol–water partition coefficient (Wildman–Crippen LogP) is 6.10. The zero-order valence-electron chi connectivity index (χ0n) is 18.4. The van der Waals surface area contributed by atoms with E-state index in [1.54, 1.807) is 0 Å². The third kappa shape index (κ3) is 2.75. The number of fused-ring (bicyclic) bond motifs is 3. The standard InChI is InChI=1S/C24H29ClF3NO2/c1-12-5-6-17-21(2,3)9-14(25)10-23(17)22(12,4)8-13-7-16(24(26,27)28)18-15(19(13)31-23)11-29-20(18)30/h7,12,14,17H,5-6,8-11H2,1-4H3,(H,29,30)/t12-,14+,17-,22+,23-/m0/s1. The average molecular weight is 456 g/mol. The van der Waals surface area contributed by atoms with Gasteiger partial charge in [-0.3, -0.25) is 4.79 Å². The number of hydrogen-bond acceptors (Lipinski definition) is 2. The van der Waals surface area contributed by atoms with Crippen LogP contribution < -0.4 is 10.1 Å². The lowest BCUT2D eigenvalue weighted by Gasteiger charge is -2.66. The maximum atomic E-state index is 13.9. The second-order valence-electron chi connectivity index (χ2n) is 11.1. The van der Waals surface area contributed by atoms with Crippen molar-refractivity contribution in [2.24, 2.45) is 22.7 Å². The molecule has 2 aliphatic carbocycles. The van der Waals surface area contributed by atoms with Crippen molar-refractivity contribution in [3.05, 3.63) is 28.3 Å². The Morgan fingerprint density at radius 1 is 1.19 bits per heavy atom. The molecule has 1 aromatic carbocycles. The largest absolute Gasteiger partial charge is 0.486 e. The lowest BCUT2D eigenvalue weighted by Crippen LogP contribution is -2.69. The number of benzene rings is 1. The topological polar surface area (TPSA) is 38.3 Å². The van der Waals surface area contributed by atoms with Gasteiger partial charge < -0.3 is 10.1 Å². The molecule has 2 fully saturated rings. The van der Waals surface area contributed by atoms with Crippen LogP contribution in [-0.4, -0.2) is 16.9 Å². The Balaban J connectivity index is 1.75. The SMILES string of the molecule is C[C@H]1CC[C@H]2C(C)(C)C[C@@H](Cl)C[C@]23Oc2c(cc(C(F)(F)F)c4c2CNC4=O)C[C@]13C. The van der Waals surface area contributed by atoms with Crippen LogP contribution in [0.3, 0.4) is 0 Å². The van der Waals surface area contributed by atoms with Crippen LogP contribution in [0.4, 0.5) is 13.2 Å². The lowest BCUT2D eigenvalue weighted by atomic mass is 9.44. The molecular weight excluding hydrogens is 427 g/mol. The van der Waals surface area contributed by atoms with Crippen LogP contribution in [0, 0.1) is 22.7 Å². The molecule has 5 rings (SSSR count). The van der Waals surface area contributed by atoms with E-state index in [1.165, 1.54) is 6.07 Å². The summed E-state index contributed by atoms with van der Waals surface area (Å²) in [6.07, 6.45) is -0.472. The Hall–Kier alpha value is -1.43. The molecule has 1 aromatic rings. The normalized spacial score (nSPS) is 38.3. The number of halogens is 4. The Labute approximate surface area is 186 Å². The average Bonchev–Trinajstić information content (AvgIpc) is 3.01. The molecule has 4 aliphatic rings. The van der Waals surface area contributed by atoms with E-state index < -0.39 is 23.2 Å². The molecule has 3 nitrogen and oxygen atoms in total. The minimum absolute atomic E-state index is 0.0350. The van der Waals surface area contributed by atoms with Gasteiger partial charge in [0.25, 0.3) is 5.91 Å². The van der Waals surface area contributed by atoms with Crippen LogP contribution in [-0.2, 0) is 19.1 Å². The van der Waals surface area contributed by atoms with Crippen LogP contribution >= 0.6 is 11.6 Å². The Bertz CT molecular complexity index is 975. The van der Waals surface area contributed by atoms with Gasteiger partial charge >= 0.3 is 6.18 Å². The number of rotatable bonds is 0. The van der Waals surface area contributed by atoms with Crippen molar-refractivity contribution >= 4 is 17.5 Å². The van der Waals surface area contributed by atoms with E-state index in [4.69, 9.17) is 16.3 Å². The van der Waals surface area contributed by atoms with Gasteiger partial charge in [0.05, 0.1) is 11.1 Å². The van der Waals surface area contributed by atoms with Crippen molar-refractivity contribution in [2.75, 3.05) is 0 Å². The van der Waals surface area contributed by atoms with E-state index in [0.29, 0.717) is 29.7 Å². The first-order valence-electron chi connectivity index (χ1n) is 11.2. The fourth-order valence-electron chi connectivity index (χ4n) is 7.38. The first-order valence-corrected chi connectivity index (χ1v) is 11.6. The van der Waals surface area contributed by atoms with Crippen LogP contribution in [0.2, 0.25) is 0 Å². The fraction of sp³-hybridized carbons (Fsp3) is 0.708. The van der Waals surface area contributed by atoms with E-state index in [-0.39, 0.29) is 40.2 Å². The third-order valence-electron chi connectivity index (χ3n) is 8.98. The van der Waals surface area contributed by atoms with Gasteiger partial charge in [-0.25, -0.2) is 0 Å². The van der Waals surface area contributed by atoms with Gasteiger partial charge in [0.1, 0.15) is 11.4 Å². The Morgan fingerprint density at radius 3 is 2.58 bits per heavy atom. The number of ether oxygens (including phenoxy) is 1.